The fourth-order valence-electron chi connectivity index (χ4n) is 4.23. The summed E-state index contributed by atoms with van der Waals surface area (Å²) in [5.74, 6) is 1.10. The van der Waals surface area contributed by atoms with Crippen LogP contribution in [0.25, 0.3) is 0 Å². The van der Waals surface area contributed by atoms with E-state index >= 15 is 0 Å². The predicted molar refractivity (Wildman–Crippen MR) is 86.6 cm³/mol. The minimum Gasteiger partial charge on any atom is -0.388 e. The molecule has 0 bridgehead atoms. The van der Waals surface area contributed by atoms with Crippen LogP contribution < -0.4 is 0 Å². The Morgan fingerprint density at radius 3 is 2.52 bits per heavy atom. The maximum absolute atomic E-state index is 10.6. The van der Waals surface area contributed by atoms with Gasteiger partial charge in [-0.1, -0.05) is 40.5 Å². The molecule has 1 heterocycles. The number of hydrogen-bond acceptors (Lipinski definition) is 2. The van der Waals surface area contributed by atoms with Crippen molar-refractivity contribution < 1.29 is 5.11 Å². The van der Waals surface area contributed by atoms with Gasteiger partial charge in [-0.3, -0.25) is 4.98 Å². The third-order valence-corrected chi connectivity index (χ3v) is 5.31. The van der Waals surface area contributed by atoms with Gasteiger partial charge < -0.3 is 5.11 Å². The highest BCUT2D eigenvalue weighted by Crippen LogP contribution is 2.44. The predicted octanol–water partition coefficient (Wildman–Crippen LogP) is 4.87. The lowest BCUT2D eigenvalue weighted by Crippen LogP contribution is -2.28. The van der Waals surface area contributed by atoms with Crippen molar-refractivity contribution in [2.75, 3.05) is 0 Å². The summed E-state index contributed by atoms with van der Waals surface area (Å²) in [6, 6.07) is 2.31. The Morgan fingerprint density at radius 2 is 1.90 bits per heavy atom. The average Bonchev–Trinajstić information content (AvgIpc) is 2.89. The minimum absolute atomic E-state index is 0.155. The molecule has 1 aromatic heterocycles. The van der Waals surface area contributed by atoms with E-state index in [0.29, 0.717) is 11.8 Å². The van der Waals surface area contributed by atoms with Crippen molar-refractivity contribution in [2.45, 2.75) is 84.2 Å². The first-order valence-electron chi connectivity index (χ1n) is 8.59. The van der Waals surface area contributed by atoms with E-state index in [4.69, 9.17) is 4.98 Å². The van der Waals surface area contributed by atoms with Crippen LogP contribution in [0.4, 0.5) is 0 Å². The number of fused-ring (bicyclic) bond motifs is 1. The van der Waals surface area contributed by atoms with Gasteiger partial charge >= 0.3 is 0 Å². The lowest BCUT2D eigenvalue weighted by atomic mass is 9.72. The quantitative estimate of drug-likeness (QED) is 0.842. The lowest BCUT2D eigenvalue weighted by molar-refractivity contribution is 0.0968. The van der Waals surface area contributed by atoms with Gasteiger partial charge in [-0.25, -0.2) is 0 Å². The Labute approximate surface area is 129 Å². The van der Waals surface area contributed by atoms with E-state index in [0.717, 1.165) is 18.4 Å². The summed E-state index contributed by atoms with van der Waals surface area (Å²) in [6.07, 6.45) is 6.77. The van der Waals surface area contributed by atoms with Crippen LogP contribution in [0.5, 0.6) is 0 Å². The van der Waals surface area contributed by atoms with Crippen molar-refractivity contribution in [2.24, 2.45) is 5.41 Å². The van der Waals surface area contributed by atoms with E-state index in [2.05, 4.69) is 33.8 Å². The zero-order chi connectivity index (χ0) is 15.2. The lowest BCUT2D eigenvalue weighted by Gasteiger charge is -2.36. The molecule has 1 saturated carbocycles. The minimum atomic E-state index is -0.341. The standard InChI is InChI=1S/C19H29NO/c1-12(2)14-9-15(13-7-5-6-8-13)20-16-10-19(3,4)11-17(21)18(14)16/h9,12-13,17,21H,5-8,10-11H2,1-4H3/t17-/m0/s1. The molecule has 1 aromatic rings. The Balaban J connectivity index is 2.09. The zero-order valence-electron chi connectivity index (χ0n) is 13.9. The monoisotopic (exact) mass is 287 g/mol. The van der Waals surface area contributed by atoms with Crippen LogP contribution in [0.2, 0.25) is 0 Å². The van der Waals surface area contributed by atoms with Crippen molar-refractivity contribution in [1.82, 2.24) is 4.98 Å². The first kappa shape index (κ1) is 15.0. The van der Waals surface area contributed by atoms with Gasteiger partial charge in [0.05, 0.1) is 6.10 Å². The van der Waals surface area contributed by atoms with E-state index in [1.165, 1.54) is 42.6 Å². The summed E-state index contributed by atoms with van der Waals surface area (Å²) in [6.45, 7) is 8.97. The molecular weight excluding hydrogens is 258 g/mol. The van der Waals surface area contributed by atoms with Crippen molar-refractivity contribution in [3.8, 4) is 0 Å². The topological polar surface area (TPSA) is 33.1 Å². The number of aliphatic hydroxyl groups is 1. The molecule has 0 saturated heterocycles. The van der Waals surface area contributed by atoms with Crippen molar-refractivity contribution >= 4 is 0 Å². The molecule has 2 heteroatoms. The summed E-state index contributed by atoms with van der Waals surface area (Å²) in [5, 5.41) is 10.6. The van der Waals surface area contributed by atoms with Crippen molar-refractivity contribution in [1.29, 1.82) is 0 Å². The number of hydrogen-bond donors (Lipinski definition) is 1. The van der Waals surface area contributed by atoms with E-state index < -0.39 is 0 Å². The van der Waals surface area contributed by atoms with Gasteiger partial charge in [-0.05, 0) is 48.6 Å². The van der Waals surface area contributed by atoms with Crippen LogP contribution in [0, 0.1) is 5.41 Å². The second-order valence-corrected chi connectivity index (χ2v) is 8.19. The van der Waals surface area contributed by atoms with Crippen LogP contribution in [0.3, 0.4) is 0 Å². The summed E-state index contributed by atoms with van der Waals surface area (Å²) >= 11 is 0. The normalized spacial score (nSPS) is 25.3. The first-order valence-corrected chi connectivity index (χ1v) is 8.59. The van der Waals surface area contributed by atoms with Crippen LogP contribution >= 0.6 is 0 Å². The SMILES string of the molecule is CC(C)c1cc(C2CCCC2)nc2c1[C@@H](O)CC(C)(C)C2. The Hall–Kier alpha value is -0.890. The van der Waals surface area contributed by atoms with Gasteiger partial charge in [0.25, 0.3) is 0 Å². The molecule has 1 N–H and O–H groups in total. The van der Waals surface area contributed by atoms with Gasteiger partial charge in [-0.15, -0.1) is 0 Å². The number of rotatable bonds is 2. The summed E-state index contributed by atoms with van der Waals surface area (Å²) < 4.78 is 0. The molecule has 0 spiro atoms. The Morgan fingerprint density at radius 1 is 1.24 bits per heavy atom. The summed E-state index contributed by atoms with van der Waals surface area (Å²) in [7, 11) is 0. The third kappa shape index (κ3) is 2.88. The van der Waals surface area contributed by atoms with Crippen LogP contribution in [0.1, 0.15) is 100 Å². The van der Waals surface area contributed by atoms with E-state index in [1.54, 1.807) is 0 Å². The zero-order valence-corrected chi connectivity index (χ0v) is 13.9. The molecule has 0 unspecified atom stereocenters. The fourth-order valence-corrected chi connectivity index (χ4v) is 4.23. The Bertz CT molecular complexity index is 527. The van der Waals surface area contributed by atoms with Crippen molar-refractivity contribution in [3.05, 3.63) is 28.6 Å². The smallest absolute Gasteiger partial charge is 0.0815 e. The number of aromatic nitrogens is 1. The fraction of sp³-hybridized carbons (Fsp3) is 0.737. The van der Waals surface area contributed by atoms with E-state index in [9.17, 15) is 5.11 Å². The highest BCUT2D eigenvalue weighted by molar-refractivity contribution is 5.40. The number of aliphatic hydroxyl groups excluding tert-OH is 1. The Kier molecular flexibility index (Phi) is 3.85. The van der Waals surface area contributed by atoms with Gasteiger partial charge in [0, 0.05) is 22.9 Å². The molecule has 0 aliphatic heterocycles. The first-order chi connectivity index (χ1) is 9.87. The van der Waals surface area contributed by atoms with Gasteiger partial charge in [0.2, 0.25) is 0 Å². The molecule has 2 nitrogen and oxygen atoms in total. The van der Waals surface area contributed by atoms with Gasteiger partial charge in [0.1, 0.15) is 0 Å². The largest absolute Gasteiger partial charge is 0.388 e. The maximum Gasteiger partial charge on any atom is 0.0815 e. The number of pyridine rings is 1. The molecule has 0 radical (unpaired) electrons. The second kappa shape index (κ2) is 5.39. The number of nitrogens with zero attached hydrogens (tertiary/aromatic N) is 1. The second-order valence-electron chi connectivity index (χ2n) is 8.19. The van der Waals surface area contributed by atoms with Crippen LogP contribution in [-0.2, 0) is 6.42 Å². The molecular formula is C19H29NO. The summed E-state index contributed by atoms with van der Waals surface area (Å²) in [4.78, 5) is 5.02. The molecule has 21 heavy (non-hydrogen) atoms. The molecule has 1 atom stereocenters. The highest BCUT2D eigenvalue weighted by Gasteiger charge is 2.35. The maximum atomic E-state index is 10.6. The molecule has 0 amide bonds. The van der Waals surface area contributed by atoms with Gasteiger partial charge in [-0.2, -0.15) is 0 Å². The molecule has 0 aromatic carbocycles. The average molecular weight is 287 g/mol. The molecule has 116 valence electrons. The van der Waals surface area contributed by atoms with E-state index in [1.807, 2.05) is 0 Å². The van der Waals surface area contributed by atoms with Gasteiger partial charge in [0.15, 0.2) is 0 Å². The van der Waals surface area contributed by atoms with Crippen molar-refractivity contribution in [3.63, 3.8) is 0 Å². The highest BCUT2D eigenvalue weighted by atomic mass is 16.3. The summed E-state index contributed by atoms with van der Waals surface area (Å²) in [5.41, 5.74) is 5.10. The molecule has 2 aliphatic carbocycles. The molecule has 3 rings (SSSR count). The third-order valence-electron chi connectivity index (χ3n) is 5.31. The molecule has 1 fully saturated rings. The molecule has 2 aliphatic rings. The van der Waals surface area contributed by atoms with Crippen LogP contribution in [-0.4, -0.2) is 10.1 Å². The van der Waals surface area contributed by atoms with Crippen LogP contribution in [0.15, 0.2) is 6.07 Å². The van der Waals surface area contributed by atoms with E-state index in [-0.39, 0.29) is 11.5 Å².